The molecule has 0 bridgehead atoms. The molecule has 0 unspecified atom stereocenters. The number of hydrogen-bond donors (Lipinski definition) is 1. The lowest BCUT2D eigenvalue weighted by atomic mass is 10.1. The molecule has 1 N–H and O–H groups in total. The second-order valence-corrected chi connectivity index (χ2v) is 10.9. The maximum absolute atomic E-state index is 12.8. The Morgan fingerprint density at radius 2 is 1.91 bits per heavy atom. The predicted octanol–water partition coefficient (Wildman–Crippen LogP) is 4.95. The van der Waals surface area contributed by atoms with Gasteiger partial charge in [-0.3, -0.25) is 10.2 Å². The van der Waals surface area contributed by atoms with Crippen LogP contribution in [0.25, 0.3) is 6.08 Å². The number of nitrogens with zero attached hydrogens (tertiary/aromatic N) is 3. The van der Waals surface area contributed by atoms with Crippen LogP contribution in [-0.4, -0.2) is 42.0 Å². The highest BCUT2D eigenvalue weighted by atomic mass is 79.9. The van der Waals surface area contributed by atoms with Crippen LogP contribution in [0, 0.1) is 12.3 Å². The Hall–Kier alpha value is -2.96. The molecular formula is C23H21BrN4O5S2. The van der Waals surface area contributed by atoms with Crippen molar-refractivity contribution in [3.05, 3.63) is 57.6 Å². The minimum Gasteiger partial charge on any atom is -0.490 e. The van der Waals surface area contributed by atoms with Gasteiger partial charge in [-0.05, 0) is 83.9 Å². The minimum atomic E-state index is -4.12. The van der Waals surface area contributed by atoms with Gasteiger partial charge in [0.1, 0.15) is 9.94 Å². The maximum atomic E-state index is 12.8. The Kier molecular flexibility index (Phi) is 7.15. The lowest BCUT2D eigenvalue weighted by molar-refractivity contribution is -0.114. The molecule has 0 radical (unpaired) electrons. The van der Waals surface area contributed by atoms with Crippen LogP contribution in [0.15, 0.2) is 61.4 Å². The number of halogens is 1. The second-order valence-electron chi connectivity index (χ2n) is 7.48. The number of benzene rings is 2. The molecule has 2 heterocycles. The van der Waals surface area contributed by atoms with Crippen molar-refractivity contribution in [1.29, 1.82) is 5.41 Å². The summed E-state index contributed by atoms with van der Waals surface area (Å²) in [6, 6.07) is 9.42. The van der Waals surface area contributed by atoms with Crippen LogP contribution in [0.1, 0.15) is 31.4 Å². The molecule has 4 rings (SSSR count). The van der Waals surface area contributed by atoms with Crippen molar-refractivity contribution in [2.24, 2.45) is 10.1 Å². The number of hydrogen-bond acceptors (Lipinski definition) is 8. The topological polar surface area (TPSA) is 121 Å². The first kappa shape index (κ1) is 25.1. The van der Waals surface area contributed by atoms with Crippen molar-refractivity contribution in [2.45, 2.75) is 32.1 Å². The van der Waals surface area contributed by atoms with Crippen molar-refractivity contribution in [3.8, 4) is 11.5 Å². The van der Waals surface area contributed by atoms with Gasteiger partial charge in [-0.1, -0.05) is 24.6 Å². The number of carbonyl (C=O) groups is 1. The van der Waals surface area contributed by atoms with E-state index in [0.717, 1.165) is 10.6 Å². The van der Waals surface area contributed by atoms with Crippen molar-refractivity contribution >= 4 is 65.8 Å². The van der Waals surface area contributed by atoms with Crippen LogP contribution in [-0.2, 0) is 14.9 Å². The van der Waals surface area contributed by atoms with Crippen molar-refractivity contribution < 1.29 is 22.1 Å². The second kappa shape index (κ2) is 9.96. The molecular weight excluding hydrogens is 556 g/mol. The summed E-state index contributed by atoms with van der Waals surface area (Å²) >= 11 is 4.63. The summed E-state index contributed by atoms with van der Waals surface area (Å²) in [5.41, 5.74) is 1.45. The molecule has 182 valence electrons. The molecule has 9 nitrogen and oxygen atoms in total. The first-order valence-corrected chi connectivity index (χ1v) is 13.6. The molecule has 0 fully saturated rings. The average Bonchev–Trinajstić information content (AvgIpc) is 3.23. The normalized spacial score (nSPS) is 16.8. The molecule has 35 heavy (non-hydrogen) atoms. The smallest absolute Gasteiger partial charge is 0.339 e. The van der Waals surface area contributed by atoms with Gasteiger partial charge in [0.05, 0.1) is 16.7 Å². The monoisotopic (exact) mass is 576 g/mol. The van der Waals surface area contributed by atoms with Crippen LogP contribution in [0.2, 0.25) is 0 Å². The first-order chi connectivity index (χ1) is 16.6. The zero-order valence-corrected chi connectivity index (χ0v) is 22.3. The number of aliphatic imine (C=N–C) groups is 1. The number of amidine groups is 2. The summed E-state index contributed by atoms with van der Waals surface area (Å²) in [6.07, 6.45) is 2.15. The molecule has 2 aromatic carbocycles. The summed E-state index contributed by atoms with van der Waals surface area (Å²) in [5.74, 6) is -0.510. The third-order valence-electron chi connectivity index (χ3n) is 4.94. The Bertz CT molecular complexity index is 1420. The zero-order valence-electron chi connectivity index (χ0n) is 19.0. The van der Waals surface area contributed by atoms with Crippen LogP contribution >= 0.6 is 27.7 Å². The Labute approximate surface area is 215 Å². The van der Waals surface area contributed by atoms with Crippen LogP contribution in [0.3, 0.4) is 0 Å². The minimum absolute atomic E-state index is 0.00838. The molecule has 1 amide bonds. The summed E-state index contributed by atoms with van der Waals surface area (Å²) in [5, 5.41) is 15.3. The van der Waals surface area contributed by atoms with Crippen molar-refractivity contribution in [3.63, 3.8) is 0 Å². The predicted molar refractivity (Wildman–Crippen MR) is 140 cm³/mol. The lowest BCUT2D eigenvalue weighted by Gasteiger charge is -2.20. The molecule has 2 aromatic rings. The number of thioether (sulfide) groups is 1. The van der Waals surface area contributed by atoms with E-state index in [1.807, 2.05) is 13.8 Å². The van der Waals surface area contributed by atoms with Gasteiger partial charge in [0.2, 0.25) is 5.17 Å². The highest BCUT2D eigenvalue weighted by molar-refractivity contribution is 9.10. The van der Waals surface area contributed by atoms with Gasteiger partial charge in [-0.2, -0.15) is 23.5 Å². The van der Waals surface area contributed by atoms with E-state index in [4.69, 9.17) is 14.3 Å². The number of rotatable bonds is 7. The molecule has 0 aliphatic carbocycles. The van der Waals surface area contributed by atoms with Gasteiger partial charge < -0.3 is 8.92 Å². The van der Waals surface area contributed by atoms with E-state index in [-0.39, 0.29) is 34.4 Å². The molecule has 0 saturated heterocycles. The van der Waals surface area contributed by atoms with Gasteiger partial charge in [-0.25, -0.2) is 0 Å². The average molecular weight is 577 g/mol. The fraction of sp³-hybridized carbons (Fsp3) is 0.217. The molecule has 12 heteroatoms. The number of hydrazone groups is 1. The standard InChI is InChI=1S/C23H21BrN4O5S2/c1-4-19-27-28-21(25)16(22(29)26-23(28)34-19)10-14-11-17(24)20(18(12-14)32-5-2)33-35(30,31)15-8-6-13(3)7-9-15/h6-12,25H,4-5H2,1-3H3. The van der Waals surface area contributed by atoms with Crippen molar-refractivity contribution in [1.82, 2.24) is 5.01 Å². The van der Waals surface area contributed by atoms with E-state index in [9.17, 15) is 13.2 Å². The largest absolute Gasteiger partial charge is 0.490 e. The highest BCUT2D eigenvalue weighted by Crippen LogP contribution is 2.40. The summed E-state index contributed by atoms with van der Waals surface area (Å²) < 4.78 is 37.1. The first-order valence-electron chi connectivity index (χ1n) is 10.6. The highest BCUT2D eigenvalue weighted by Gasteiger charge is 2.35. The van der Waals surface area contributed by atoms with Gasteiger partial charge >= 0.3 is 10.1 Å². The van der Waals surface area contributed by atoms with Crippen LogP contribution in [0.5, 0.6) is 11.5 Å². The quantitative estimate of drug-likeness (QED) is 0.365. The fourth-order valence-electron chi connectivity index (χ4n) is 3.22. The lowest BCUT2D eigenvalue weighted by Crippen LogP contribution is -2.35. The number of amides is 1. The number of fused-ring (bicyclic) bond motifs is 1. The molecule has 0 spiro atoms. The fourth-order valence-corrected chi connectivity index (χ4v) is 5.65. The van der Waals surface area contributed by atoms with Gasteiger partial charge in [-0.15, -0.1) is 0 Å². The SMILES string of the molecule is CCOc1cc(C=C2C(=N)N3N=C(CC)SC3=NC2=O)cc(Br)c1OS(=O)(=O)c1ccc(C)cc1. The van der Waals surface area contributed by atoms with E-state index in [2.05, 4.69) is 26.0 Å². The van der Waals surface area contributed by atoms with Gasteiger partial charge in [0.25, 0.3) is 5.91 Å². The summed E-state index contributed by atoms with van der Waals surface area (Å²) in [7, 11) is -4.12. The number of ether oxygens (including phenoxy) is 1. The zero-order chi connectivity index (χ0) is 25.3. The third-order valence-corrected chi connectivity index (χ3v) is 7.82. The van der Waals surface area contributed by atoms with Gasteiger partial charge in [0, 0.05) is 0 Å². The summed E-state index contributed by atoms with van der Waals surface area (Å²) in [4.78, 5) is 16.7. The molecule has 0 aromatic heterocycles. The Balaban J connectivity index is 1.70. The van der Waals surface area contributed by atoms with Gasteiger partial charge in [0.15, 0.2) is 17.3 Å². The maximum Gasteiger partial charge on any atom is 0.339 e. The van der Waals surface area contributed by atoms with E-state index in [1.54, 1.807) is 31.2 Å². The third kappa shape index (κ3) is 5.19. The van der Waals surface area contributed by atoms with E-state index < -0.39 is 16.0 Å². The molecule has 2 aliphatic heterocycles. The molecule has 2 aliphatic rings. The van der Waals surface area contributed by atoms with Crippen LogP contribution in [0.4, 0.5) is 0 Å². The number of aryl methyl sites for hydroxylation is 1. The Morgan fingerprint density at radius 3 is 2.57 bits per heavy atom. The number of carbonyl (C=O) groups excluding carboxylic acids is 1. The molecule has 0 atom stereocenters. The van der Waals surface area contributed by atoms with Crippen LogP contribution < -0.4 is 8.92 Å². The number of nitrogens with one attached hydrogen (secondary N) is 1. The summed E-state index contributed by atoms with van der Waals surface area (Å²) in [6.45, 7) is 5.79. The Morgan fingerprint density at radius 1 is 1.20 bits per heavy atom. The van der Waals surface area contributed by atoms with E-state index in [1.165, 1.54) is 35.0 Å². The van der Waals surface area contributed by atoms with E-state index in [0.29, 0.717) is 21.6 Å². The van der Waals surface area contributed by atoms with E-state index >= 15 is 0 Å². The molecule has 0 saturated carbocycles. The van der Waals surface area contributed by atoms with Crippen molar-refractivity contribution in [2.75, 3.05) is 6.61 Å².